The quantitative estimate of drug-likeness (QED) is 0.523. The summed E-state index contributed by atoms with van der Waals surface area (Å²) >= 11 is 0. The molecule has 6 heteroatoms. The van der Waals surface area contributed by atoms with Crippen molar-refractivity contribution in [2.45, 2.75) is 0 Å². The van der Waals surface area contributed by atoms with E-state index < -0.39 is 0 Å². The topological polar surface area (TPSA) is 65.4 Å². The summed E-state index contributed by atoms with van der Waals surface area (Å²) in [6.45, 7) is 0.760. The molecule has 0 saturated carbocycles. The molecule has 1 aromatic rings. The normalized spacial score (nSPS) is 10.1. The minimum Gasteiger partial charge on any atom is -0.382 e. The lowest BCUT2D eigenvalue weighted by atomic mass is 10.3. The molecule has 0 unspecified atom stereocenters. The maximum atomic E-state index is 11.3. The lowest BCUT2D eigenvalue weighted by molar-refractivity contribution is 0.00888. The predicted molar refractivity (Wildman–Crippen MR) is 48.5 cm³/mol. The Hall–Kier alpha value is -1.40. The van der Waals surface area contributed by atoms with Gasteiger partial charge in [0.05, 0.1) is 25.0 Å². The zero-order chi connectivity index (χ0) is 10.4. The first-order valence-electron chi connectivity index (χ1n) is 4.13. The van der Waals surface area contributed by atoms with E-state index in [1.807, 2.05) is 0 Å². The van der Waals surface area contributed by atoms with Crippen LogP contribution in [0.2, 0.25) is 0 Å². The molecule has 0 aliphatic heterocycles. The largest absolute Gasteiger partial charge is 0.382 e. The summed E-state index contributed by atoms with van der Waals surface area (Å²) in [7, 11) is 3.30. The van der Waals surface area contributed by atoms with Crippen molar-refractivity contribution in [3.8, 4) is 0 Å². The van der Waals surface area contributed by atoms with Crippen molar-refractivity contribution in [1.82, 2.24) is 15.3 Å². The number of carbonyl (C=O) groups is 1. The number of ether oxygens (including phenoxy) is 1. The Kier molecular flexibility index (Phi) is 4.09. The highest BCUT2D eigenvalue weighted by molar-refractivity contribution is 5.92. The van der Waals surface area contributed by atoms with Gasteiger partial charge in [-0.05, 0) is 0 Å². The third kappa shape index (κ3) is 3.15. The van der Waals surface area contributed by atoms with Crippen molar-refractivity contribution in [3.63, 3.8) is 0 Å². The predicted octanol–water partition coefficient (Wildman–Crippen LogP) is -0.272. The second kappa shape index (κ2) is 5.36. The van der Waals surface area contributed by atoms with Crippen LogP contribution < -0.4 is 5.48 Å². The molecule has 0 bridgehead atoms. The number of hydrogen-bond acceptors (Lipinski definition) is 4. The molecule has 1 rings (SSSR count). The van der Waals surface area contributed by atoms with Gasteiger partial charge in [0.1, 0.15) is 0 Å². The van der Waals surface area contributed by atoms with Crippen LogP contribution in [-0.4, -0.2) is 36.0 Å². The van der Waals surface area contributed by atoms with E-state index in [4.69, 9.17) is 9.57 Å². The first-order chi connectivity index (χ1) is 6.74. The van der Waals surface area contributed by atoms with Gasteiger partial charge in [-0.15, -0.1) is 0 Å². The lowest BCUT2D eigenvalue weighted by Crippen LogP contribution is -2.25. The number of amides is 1. The van der Waals surface area contributed by atoms with Crippen LogP contribution in [0.1, 0.15) is 10.4 Å². The molecule has 0 aromatic carbocycles. The SMILES string of the molecule is COCCONC(=O)c1cnn(C)c1. The standard InChI is InChI=1S/C8H13N3O3/c1-11-6-7(5-9-11)8(12)10-14-4-3-13-2/h5-6H,3-4H2,1-2H3,(H,10,12). The van der Waals surface area contributed by atoms with Gasteiger partial charge in [-0.25, -0.2) is 5.48 Å². The van der Waals surface area contributed by atoms with E-state index in [-0.39, 0.29) is 5.91 Å². The molecule has 1 aromatic heterocycles. The summed E-state index contributed by atoms with van der Waals surface area (Å²) < 4.78 is 6.29. The van der Waals surface area contributed by atoms with Crippen LogP contribution >= 0.6 is 0 Å². The molecule has 0 atom stereocenters. The molecule has 1 amide bonds. The number of nitrogens with one attached hydrogen (secondary N) is 1. The number of carbonyl (C=O) groups excluding carboxylic acids is 1. The van der Waals surface area contributed by atoms with E-state index in [1.165, 1.54) is 6.20 Å². The fraction of sp³-hybridized carbons (Fsp3) is 0.500. The summed E-state index contributed by atoms with van der Waals surface area (Å²) in [5.74, 6) is -0.311. The van der Waals surface area contributed by atoms with Gasteiger partial charge in [0.25, 0.3) is 5.91 Å². The molecule has 6 nitrogen and oxygen atoms in total. The zero-order valence-corrected chi connectivity index (χ0v) is 8.19. The maximum Gasteiger partial charge on any atom is 0.278 e. The Morgan fingerprint density at radius 1 is 1.64 bits per heavy atom. The summed E-state index contributed by atoms with van der Waals surface area (Å²) in [5, 5.41) is 3.86. The fourth-order valence-electron chi connectivity index (χ4n) is 0.839. The van der Waals surface area contributed by atoms with Gasteiger partial charge in [-0.1, -0.05) is 0 Å². The zero-order valence-electron chi connectivity index (χ0n) is 8.19. The minimum atomic E-state index is -0.311. The van der Waals surface area contributed by atoms with Crippen molar-refractivity contribution in [1.29, 1.82) is 0 Å². The molecular formula is C8H13N3O3. The molecule has 78 valence electrons. The average Bonchev–Trinajstić information content (AvgIpc) is 2.59. The summed E-state index contributed by atoms with van der Waals surface area (Å²) in [6.07, 6.45) is 3.07. The summed E-state index contributed by atoms with van der Waals surface area (Å²) in [6, 6.07) is 0. The van der Waals surface area contributed by atoms with Gasteiger partial charge in [0, 0.05) is 20.4 Å². The second-order valence-corrected chi connectivity index (χ2v) is 2.68. The van der Waals surface area contributed by atoms with E-state index in [0.717, 1.165) is 0 Å². The van der Waals surface area contributed by atoms with Crippen LogP contribution in [0, 0.1) is 0 Å². The molecule has 0 spiro atoms. The Bertz CT molecular complexity index is 298. The van der Waals surface area contributed by atoms with E-state index in [9.17, 15) is 4.79 Å². The van der Waals surface area contributed by atoms with Crippen molar-refractivity contribution in [3.05, 3.63) is 18.0 Å². The van der Waals surface area contributed by atoms with Crippen LogP contribution in [0.3, 0.4) is 0 Å². The molecular weight excluding hydrogens is 186 g/mol. The maximum absolute atomic E-state index is 11.3. The molecule has 14 heavy (non-hydrogen) atoms. The minimum absolute atomic E-state index is 0.311. The molecule has 0 radical (unpaired) electrons. The van der Waals surface area contributed by atoms with Crippen LogP contribution in [-0.2, 0) is 16.6 Å². The van der Waals surface area contributed by atoms with Crippen molar-refractivity contribution < 1.29 is 14.4 Å². The van der Waals surface area contributed by atoms with Crippen molar-refractivity contribution in [2.75, 3.05) is 20.3 Å². The monoisotopic (exact) mass is 199 g/mol. The lowest BCUT2D eigenvalue weighted by Gasteiger charge is -2.02. The fourth-order valence-corrected chi connectivity index (χ4v) is 0.839. The van der Waals surface area contributed by atoms with Gasteiger partial charge in [0.2, 0.25) is 0 Å². The van der Waals surface area contributed by atoms with Crippen molar-refractivity contribution >= 4 is 5.91 Å². The number of hydroxylamine groups is 1. The van der Waals surface area contributed by atoms with Crippen LogP contribution in [0.5, 0.6) is 0 Å². The van der Waals surface area contributed by atoms with Crippen LogP contribution in [0.25, 0.3) is 0 Å². The average molecular weight is 199 g/mol. The van der Waals surface area contributed by atoms with E-state index in [2.05, 4.69) is 10.6 Å². The molecule has 0 saturated heterocycles. The first kappa shape index (κ1) is 10.7. The number of hydrogen-bond donors (Lipinski definition) is 1. The van der Waals surface area contributed by atoms with Gasteiger partial charge < -0.3 is 4.74 Å². The van der Waals surface area contributed by atoms with Crippen LogP contribution in [0.15, 0.2) is 12.4 Å². The van der Waals surface area contributed by atoms with E-state index in [1.54, 1.807) is 25.0 Å². The third-order valence-corrected chi connectivity index (χ3v) is 1.52. The Morgan fingerprint density at radius 2 is 2.43 bits per heavy atom. The molecule has 1 N–H and O–H groups in total. The third-order valence-electron chi connectivity index (χ3n) is 1.52. The number of nitrogens with zero attached hydrogens (tertiary/aromatic N) is 2. The summed E-state index contributed by atoms with van der Waals surface area (Å²) in [4.78, 5) is 16.1. The van der Waals surface area contributed by atoms with E-state index in [0.29, 0.717) is 18.8 Å². The van der Waals surface area contributed by atoms with Crippen molar-refractivity contribution in [2.24, 2.45) is 7.05 Å². The highest BCUT2D eigenvalue weighted by atomic mass is 16.7. The Labute approximate surface area is 81.8 Å². The number of aromatic nitrogens is 2. The van der Waals surface area contributed by atoms with Gasteiger partial charge >= 0.3 is 0 Å². The Morgan fingerprint density at radius 3 is 3.00 bits per heavy atom. The van der Waals surface area contributed by atoms with E-state index >= 15 is 0 Å². The second-order valence-electron chi connectivity index (χ2n) is 2.68. The van der Waals surface area contributed by atoms with Gasteiger partial charge in [-0.2, -0.15) is 5.10 Å². The number of rotatable bonds is 5. The highest BCUT2D eigenvalue weighted by Gasteiger charge is 2.06. The molecule has 0 aliphatic carbocycles. The molecule has 0 aliphatic rings. The molecule has 1 heterocycles. The smallest absolute Gasteiger partial charge is 0.278 e. The first-order valence-corrected chi connectivity index (χ1v) is 4.13. The number of methoxy groups -OCH3 is 1. The number of aryl methyl sites for hydroxylation is 1. The highest BCUT2D eigenvalue weighted by Crippen LogP contribution is 1.94. The molecule has 0 fully saturated rings. The van der Waals surface area contributed by atoms with Gasteiger partial charge in [0.15, 0.2) is 0 Å². The van der Waals surface area contributed by atoms with Crippen LogP contribution in [0.4, 0.5) is 0 Å². The Balaban J connectivity index is 2.29. The van der Waals surface area contributed by atoms with Gasteiger partial charge in [-0.3, -0.25) is 14.3 Å². The summed E-state index contributed by atoms with van der Waals surface area (Å²) in [5.41, 5.74) is 2.74.